The van der Waals surface area contributed by atoms with E-state index in [1.807, 2.05) is 56.3 Å². The van der Waals surface area contributed by atoms with Gasteiger partial charge in [0, 0.05) is 11.6 Å². The highest BCUT2D eigenvalue weighted by molar-refractivity contribution is 5.73. The van der Waals surface area contributed by atoms with Crippen LogP contribution in [0.3, 0.4) is 0 Å². The Morgan fingerprint density at radius 3 is 2.38 bits per heavy atom. The molecule has 0 heterocycles. The van der Waals surface area contributed by atoms with Gasteiger partial charge in [-0.05, 0) is 68.0 Å². The number of hydrogen-bond donors (Lipinski definition) is 0. The van der Waals surface area contributed by atoms with Gasteiger partial charge in [-0.3, -0.25) is 0 Å². The second kappa shape index (κ2) is 12.2. The Labute approximate surface area is 203 Å². The molecule has 34 heavy (non-hydrogen) atoms. The molecular weight excluding hydrogens is 425 g/mol. The molecule has 0 aliphatic heterocycles. The number of halogens is 1. The van der Waals surface area contributed by atoms with Crippen LogP contribution < -0.4 is 9.47 Å². The van der Waals surface area contributed by atoms with E-state index in [4.69, 9.17) is 14.7 Å². The maximum atomic E-state index is 14.0. The summed E-state index contributed by atoms with van der Waals surface area (Å²) >= 11 is 0. The predicted octanol–water partition coefficient (Wildman–Crippen LogP) is 8.12. The number of ether oxygens (including phenoxy) is 2. The monoisotopic (exact) mass is 459 g/mol. The highest BCUT2D eigenvalue weighted by Gasteiger charge is 2.16. The lowest BCUT2D eigenvalue weighted by molar-refractivity contribution is 0.286. The number of nitrogens with zero attached hydrogens (tertiary/aromatic N) is 1. The normalized spacial score (nSPS) is 11.1. The molecule has 4 heteroatoms. The van der Waals surface area contributed by atoms with Crippen molar-refractivity contribution < 1.29 is 13.9 Å². The molecular formula is C30H34FNO2. The Balaban J connectivity index is 1.76. The summed E-state index contributed by atoms with van der Waals surface area (Å²) < 4.78 is 26.4. The lowest BCUT2D eigenvalue weighted by Gasteiger charge is -2.18. The molecule has 0 fully saturated rings. The molecule has 3 aromatic carbocycles. The van der Waals surface area contributed by atoms with Crippen molar-refractivity contribution >= 4 is 0 Å². The molecule has 3 rings (SSSR count). The van der Waals surface area contributed by atoms with Crippen LogP contribution in [0, 0.1) is 22.6 Å². The summed E-state index contributed by atoms with van der Waals surface area (Å²) in [6.07, 6.45) is 4.65. The summed E-state index contributed by atoms with van der Waals surface area (Å²) in [6, 6.07) is 22.9. The quantitative estimate of drug-likeness (QED) is 0.257. The largest absolute Gasteiger partial charge is 0.493 e. The fourth-order valence-corrected chi connectivity index (χ4v) is 3.84. The molecule has 0 aliphatic carbocycles. The van der Waals surface area contributed by atoms with Gasteiger partial charge in [-0.1, -0.05) is 62.2 Å². The molecule has 0 N–H and O–H groups in total. The van der Waals surface area contributed by atoms with Crippen molar-refractivity contribution in [3.05, 3.63) is 83.7 Å². The topological polar surface area (TPSA) is 42.2 Å². The molecule has 0 bridgehead atoms. The first-order valence-electron chi connectivity index (χ1n) is 12.1. The van der Waals surface area contributed by atoms with Crippen molar-refractivity contribution in [3.8, 4) is 28.7 Å². The number of hydrogen-bond acceptors (Lipinski definition) is 3. The zero-order chi connectivity index (χ0) is 24.4. The average molecular weight is 460 g/mol. The SMILES string of the molecule is CCc1cc(-c2cccc(F)c2)c(OCc2ccccc2)cc1OCCCCCC(C)(C)C#N. The number of nitriles is 1. The van der Waals surface area contributed by atoms with Gasteiger partial charge < -0.3 is 9.47 Å². The standard InChI is InChI=1S/C30H34FNO2/c1-4-24-19-27(25-14-11-15-26(31)18-25)29(34-21-23-12-7-5-8-13-23)20-28(24)33-17-10-6-9-16-30(2,3)22-32/h5,7-8,11-15,18-20H,4,6,9-10,16-17,21H2,1-3H3. The Morgan fingerprint density at radius 1 is 0.882 bits per heavy atom. The first kappa shape index (κ1) is 25.3. The maximum Gasteiger partial charge on any atom is 0.131 e. The Hall–Kier alpha value is -3.32. The van der Waals surface area contributed by atoms with Crippen LogP contribution >= 0.6 is 0 Å². The molecule has 0 saturated carbocycles. The van der Waals surface area contributed by atoms with Crippen LogP contribution in [0.5, 0.6) is 11.5 Å². The summed E-state index contributed by atoms with van der Waals surface area (Å²) in [5.74, 6) is 1.21. The fourth-order valence-electron chi connectivity index (χ4n) is 3.84. The van der Waals surface area contributed by atoms with E-state index in [0.29, 0.717) is 19.0 Å². The molecule has 0 aromatic heterocycles. The third-order valence-corrected chi connectivity index (χ3v) is 5.92. The van der Waals surface area contributed by atoms with Crippen molar-refractivity contribution in [2.45, 2.75) is 59.5 Å². The first-order chi connectivity index (χ1) is 16.4. The summed E-state index contributed by atoms with van der Waals surface area (Å²) in [5, 5.41) is 9.16. The molecule has 0 spiro atoms. The van der Waals surface area contributed by atoms with Gasteiger partial charge in [-0.25, -0.2) is 4.39 Å². The molecule has 3 nitrogen and oxygen atoms in total. The van der Waals surface area contributed by atoms with Crippen LogP contribution in [0.25, 0.3) is 11.1 Å². The smallest absolute Gasteiger partial charge is 0.131 e. The van der Waals surface area contributed by atoms with Crippen molar-refractivity contribution in [3.63, 3.8) is 0 Å². The number of rotatable bonds is 12. The third-order valence-electron chi connectivity index (χ3n) is 5.92. The number of unbranched alkanes of at least 4 members (excludes halogenated alkanes) is 2. The predicted molar refractivity (Wildman–Crippen MR) is 135 cm³/mol. The van der Waals surface area contributed by atoms with Crippen molar-refractivity contribution in [2.75, 3.05) is 6.61 Å². The molecule has 0 unspecified atom stereocenters. The third kappa shape index (κ3) is 7.35. The minimum Gasteiger partial charge on any atom is -0.493 e. The zero-order valence-electron chi connectivity index (χ0n) is 20.4. The van der Waals surface area contributed by atoms with Gasteiger partial charge in [0.15, 0.2) is 0 Å². The van der Waals surface area contributed by atoms with E-state index < -0.39 is 0 Å². The summed E-state index contributed by atoms with van der Waals surface area (Å²) in [5.41, 5.74) is 3.50. The van der Waals surface area contributed by atoms with Crippen molar-refractivity contribution in [1.29, 1.82) is 5.26 Å². The molecule has 0 atom stereocenters. The average Bonchev–Trinajstić information content (AvgIpc) is 2.85. The highest BCUT2D eigenvalue weighted by Crippen LogP contribution is 2.37. The van der Waals surface area contributed by atoms with Crippen LogP contribution in [-0.2, 0) is 13.0 Å². The molecule has 0 saturated heterocycles. The summed E-state index contributed by atoms with van der Waals surface area (Å²) in [4.78, 5) is 0. The van der Waals surface area contributed by atoms with Crippen LogP contribution in [0.4, 0.5) is 4.39 Å². The first-order valence-corrected chi connectivity index (χ1v) is 12.1. The van der Waals surface area contributed by atoms with Gasteiger partial charge in [0.05, 0.1) is 18.1 Å². The molecule has 0 radical (unpaired) electrons. The maximum absolute atomic E-state index is 14.0. The van der Waals surface area contributed by atoms with Crippen molar-refractivity contribution in [2.24, 2.45) is 5.41 Å². The molecule has 0 amide bonds. The Bertz CT molecular complexity index is 1100. The van der Waals surface area contributed by atoms with Gasteiger partial charge in [0.25, 0.3) is 0 Å². The van der Waals surface area contributed by atoms with E-state index in [2.05, 4.69) is 19.1 Å². The van der Waals surface area contributed by atoms with E-state index in [0.717, 1.165) is 60.1 Å². The lowest BCUT2D eigenvalue weighted by Crippen LogP contribution is -2.07. The second-order valence-electron chi connectivity index (χ2n) is 9.25. The summed E-state index contributed by atoms with van der Waals surface area (Å²) in [6.45, 7) is 7.08. The minimum atomic E-state index is -0.274. The fraction of sp³-hybridized carbons (Fsp3) is 0.367. The zero-order valence-corrected chi connectivity index (χ0v) is 20.4. The Kier molecular flexibility index (Phi) is 9.10. The van der Waals surface area contributed by atoms with Gasteiger partial charge >= 0.3 is 0 Å². The highest BCUT2D eigenvalue weighted by atomic mass is 19.1. The van der Waals surface area contributed by atoms with Crippen LogP contribution in [0.2, 0.25) is 0 Å². The lowest BCUT2D eigenvalue weighted by atomic mass is 9.89. The number of aryl methyl sites for hydroxylation is 1. The van der Waals surface area contributed by atoms with E-state index >= 15 is 0 Å². The van der Waals surface area contributed by atoms with E-state index in [-0.39, 0.29) is 11.2 Å². The van der Waals surface area contributed by atoms with E-state index in [1.54, 1.807) is 6.07 Å². The molecule has 178 valence electrons. The van der Waals surface area contributed by atoms with Gasteiger partial charge in [-0.15, -0.1) is 0 Å². The summed E-state index contributed by atoms with van der Waals surface area (Å²) in [7, 11) is 0. The molecule has 0 aliphatic rings. The van der Waals surface area contributed by atoms with Crippen molar-refractivity contribution in [1.82, 2.24) is 0 Å². The van der Waals surface area contributed by atoms with Crippen LogP contribution in [-0.4, -0.2) is 6.61 Å². The minimum absolute atomic E-state index is 0.270. The van der Waals surface area contributed by atoms with Gasteiger partial charge in [0.1, 0.15) is 23.9 Å². The van der Waals surface area contributed by atoms with Gasteiger partial charge in [0.2, 0.25) is 0 Å². The van der Waals surface area contributed by atoms with Gasteiger partial charge in [-0.2, -0.15) is 5.26 Å². The van der Waals surface area contributed by atoms with E-state index in [9.17, 15) is 4.39 Å². The second-order valence-corrected chi connectivity index (χ2v) is 9.25. The van der Waals surface area contributed by atoms with E-state index in [1.165, 1.54) is 12.1 Å². The molecule has 3 aromatic rings. The Morgan fingerprint density at radius 2 is 1.68 bits per heavy atom. The van der Waals surface area contributed by atoms with Crippen LogP contribution in [0.15, 0.2) is 66.7 Å². The van der Waals surface area contributed by atoms with Crippen LogP contribution in [0.1, 0.15) is 57.6 Å². The number of benzene rings is 3.